The maximum Gasteiger partial charge on any atom is 0.251 e. The number of ether oxygens (including phenoxy) is 2. The van der Waals surface area contributed by atoms with E-state index in [0.717, 1.165) is 12.0 Å². The van der Waals surface area contributed by atoms with Gasteiger partial charge in [-0.3, -0.25) is 4.79 Å². The van der Waals surface area contributed by atoms with Crippen molar-refractivity contribution in [3.63, 3.8) is 0 Å². The van der Waals surface area contributed by atoms with Crippen LogP contribution in [0.3, 0.4) is 0 Å². The van der Waals surface area contributed by atoms with Crippen molar-refractivity contribution in [3.8, 4) is 0 Å². The summed E-state index contributed by atoms with van der Waals surface area (Å²) in [6.07, 6.45) is 0.425. The standard InChI is InChI=1S/C13H19NO3/c1-4-10-7-5-6-8-11(10)13(15)14-9-12(16-2)17-3/h5-8,12H,4,9H2,1-3H3,(H,14,15). The van der Waals surface area contributed by atoms with Crippen LogP contribution < -0.4 is 5.32 Å². The maximum atomic E-state index is 11.9. The largest absolute Gasteiger partial charge is 0.354 e. The van der Waals surface area contributed by atoms with Crippen LogP contribution in [0.5, 0.6) is 0 Å². The van der Waals surface area contributed by atoms with Gasteiger partial charge in [0.2, 0.25) is 0 Å². The van der Waals surface area contributed by atoms with E-state index in [-0.39, 0.29) is 5.91 Å². The van der Waals surface area contributed by atoms with Crippen molar-refractivity contribution in [2.45, 2.75) is 19.6 Å². The van der Waals surface area contributed by atoms with E-state index in [1.54, 1.807) is 14.2 Å². The number of carbonyl (C=O) groups is 1. The fraction of sp³-hybridized carbons (Fsp3) is 0.462. The molecule has 0 unspecified atom stereocenters. The molecular weight excluding hydrogens is 218 g/mol. The number of amides is 1. The molecule has 17 heavy (non-hydrogen) atoms. The molecule has 1 aromatic carbocycles. The molecule has 0 fully saturated rings. The first-order valence-electron chi connectivity index (χ1n) is 5.64. The SMILES string of the molecule is CCc1ccccc1C(=O)NCC(OC)OC. The Morgan fingerprint density at radius 2 is 1.94 bits per heavy atom. The quantitative estimate of drug-likeness (QED) is 0.764. The Morgan fingerprint density at radius 1 is 1.29 bits per heavy atom. The first kappa shape index (κ1) is 13.7. The van der Waals surface area contributed by atoms with E-state index in [2.05, 4.69) is 5.32 Å². The number of aryl methyl sites for hydroxylation is 1. The van der Waals surface area contributed by atoms with Crippen LogP contribution in [0.1, 0.15) is 22.8 Å². The van der Waals surface area contributed by atoms with Gasteiger partial charge in [0.15, 0.2) is 6.29 Å². The van der Waals surface area contributed by atoms with Crippen molar-refractivity contribution in [3.05, 3.63) is 35.4 Å². The lowest BCUT2D eigenvalue weighted by atomic mass is 10.0. The van der Waals surface area contributed by atoms with E-state index >= 15 is 0 Å². The monoisotopic (exact) mass is 237 g/mol. The first-order chi connectivity index (χ1) is 8.22. The molecule has 0 atom stereocenters. The minimum absolute atomic E-state index is 0.0958. The lowest BCUT2D eigenvalue weighted by Crippen LogP contribution is -2.34. The van der Waals surface area contributed by atoms with Gasteiger partial charge in [-0.25, -0.2) is 0 Å². The third kappa shape index (κ3) is 3.84. The van der Waals surface area contributed by atoms with Gasteiger partial charge in [-0.15, -0.1) is 0 Å². The van der Waals surface area contributed by atoms with Gasteiger partial charge in [0.1, 0.15) is 0 Å². The summed E-state index contributed by atoms with van der Waals surface area (Å²) in [6.45, 7) is 2.36. The Kier molecular flexibility index (Phi) is 5.66. The Bertz CT molecular complexity index is 361. The highest BCUT2D eigenvalue weighted by molar-refractivity contribution is 5.95. The molecule has 1 N–H and O–H groups in total. The van der Waals surface area contributed by atoms with Gasteiger partial charge in [-0.2, -0.15) is 0 Å². The van der Waals surface area contributed by atoms with Crippen LogP contribution >= 0.6 is 0 Å². The summed E-state index contributed by atoms with van der Waals surface area (Å²) in [5.74, 6) is -0.0958. The van der Waals surface area contributed by atoms with Crippen LogP contribution in [0.4, 0.5) is 0 Å². The summed E-state index contributed by atoms with van der Waals surface area (Å²) in [7, 11) is 3.08. The average molecular weight is 237 g/mol. The minimum Gasteiger partial charge on any atom is -0.354 e. The van der Waals surface area contributed by atoms with Gasteiger partial charge in [0.05, 0.1) is 6.54 Å². The molecule has 0 saturated carbocycles. The summed E-state index contributed by atoms with van der Waals surface area (Å²) in [5, 5.41) is 2.79. The van der Waals surface area contributed by atoms with E-state index in [4.69, 9.17) is 9.47 Å². The fourth-order valence-electron chi connectivity index (χ4n) is 1.58. The highest BCUT2D eigenvalue weighted by Crippen LogP contribution is 2.09. The summed E-state index contributed by atoms with van der Waals surface area (Å²) in [5.41, 5.74) is 1.75. The van der Waals surface area contributed by atoms with E-state index in [1.807, 2.05) is 31.2 Å². The van der Waals surface area contributed by atoms with Gasteiger partial charge >= 0.3 is 0 Å². The second-order valence-electron chi connectivity index (χ2n) is 3.62. The van der Waals surface area contributed by atoms with Crippen LogP contribution in [-0.2, 0) is 15.9 Å². The predicted molar refractivity (Wildman–Crippen MR) is 66.0 cm³/mol. The third-order valence-corrected chi connectivity index (χ3v) is 2.60. The molecule has 0 radical (unpaired) electrons. The van der Waals surface area contributed by atoms with Crippen molar-refractivity contribution >= 4 is 5.91 Å². The second kappa shape index (κ2) is 7.04. The molecule has 0 aromatic heterocycles. The van der Waals surface area contributed by atoms with Crippen molar-refractivity contribution in [1.82, 2.24) is 5.32 Å². The summed E-state index contributed by atoms with van der Waals surface area (Å²) >= 11 is 0. The van der Waals surface area contributed by atoms with Crippen LogP contribution in [0, 0.1) is 0 Å². The van der Waals surface area contributed by atoms with Crippen molar-refractivity contribution < 1.29 is 14.3 Å². The Morgan fingerprint density at radius 3 is 2.53 bits per heavy atom. The zero-order valence-corrected chi connectivity index (χ0v) is 10.5. The van der Waals surface area contributed by atoms with Crippen molar-refractivity contribution in [2.75, 3.05) is 20.8 Å². The van der Waals surface area contributed by atoms with E-state index < -0.39 is 6.29 Å². The number of methoxy groups -OCH3 is 2. The smallest absolute Gasteiger partial charge is 0.251 e. The Balaban J connectivity index is 2.63. The van der Waals surface area contributed by atoms with Gasteiger partial charge in [-0.1, -0.05) is 25.1 Å². The Hall–Kier alpha value is -1.39. The van der Waals surface area contributed by atoms with Crippen LogP contribution in [0.15, 0.2) is 24.3 Å². The number of rotatable bonds is 6. The molecule has 0 heterocycles. The Labute approximate surface area is 102 Å². The molecule has 0 aliphatic heterocycles. The lowest BCUT2D eigenvalue weighted by molar-refractivity contribution is -0.0974. The fourth-order valence-corrected chi connectivity index (χ4v) is 1.58. The number of nitrogens with one attached hydrogen (secondary N) is 1. The van der Waals surface area contributed by atoms with Crippen LogP contribution in [0.2, 0.25) is 0 Å². The normalized spacial score (nSPS) is 10.6. The van der Waals surface area contributed by atoms with Crippen LogP contribution in [-0.4, -0.2) is 33.0 Å². The summed E-state index contributed by atoms with van der Waals surface area (Å²) < 4.78 is 10.0. The average Bonchev–Trinajstić information content (AvgIpc) is 2.39. The summed E-state index contributed by atoms with van der Waals surface area (Å²) in [4.78, 5) is 11.9. The van der Waals surface area contributed by atoms with Crippen molar-refractivity contribution in [2.24, 2.45) is 0 Å². The molecule has 1 rings (SSSR count). The minimum atomic E-state index is -0.410. The third-order valence-electron chi connectivity index (χ3n) is 2.60. The number of hydrogen-bond acceptors (Lipinski definition) is 3. The molecular formula is C13H19NO3. The van der Waals surface area contributed by atoms with E-state index in [0.29, 0.717) is 12.1 Å². The van der Waals surface area contributed by atoms with Gasteiger partial charge in [0.25, 0.3) is 5.91 Å². The predicted octanol–water partition coefficient (Wildman–Crippen LogP) is 1.60. The molecule has 1 aromatic rings. The van der Waals surface area contributed by atoms with Crippen LogP contribution in [0.25, 0.3) is 0 Å². The number of benzene rings is 1. The molecule has 94 valence electrons. The molecule has 4 nitrogen and oxygen atoms in total. The maximum absolute atomic E-state index is 11.9. The summed E-state index contributed by atoms with van der Waals surface area (Å²) in [6, 6.07) is 7.57. The van der Waals surface area contributed by atoms with E-state index in [1.165, 1.54) is 0 Å². The van der Waals surface area contributed by atoms with Gasteiger partial charge in [0, 0.05) is 19.8 Å². The second-order valence-corrected chi connectivity index (χ2v) is 3.62. The number of carbonyl (C=O) groups excluding carboxylic acids is 1. The molecule has 0 bridgehead atoms. The zero-order chi connectivity index (χ0) is 12.7. The van der Waals surface area contributed by atoms with Crippen molar-refractivity contribution in [1.29, 1.82) is 0 Å². The highest BCUT2D eigenvalue weighted by Gasteiger charge is 2.11. The zero-order valence-electron chi connectivity index (χ0n) is 10.5. The molecule has 0 saturated heterocycles. The topological polar surface area (TPSA) is 47.6 Å². The molecule has 0 aliphatic rings. The molecule has 4 heteroatoms. The number of hydrogen-bond donors (Lipinski definition) is 1. The molecule has 0 spiro atoms. The molecule has 0 aliphatic carbocycles. The van der Waals surface area contributed by atoms with E-state index in [9.17, 15) is 4.79 Å². The van der Waals surface area contributed by atoms with Gasteiger partial charge in [-0.05, 0) is 18.1 Å². The van der Waals surface area contributed by atoms with Gasteiger partial charge < -0.3 is 14.8 Å². The first-order valence-corrected chi connectivity index (χ1v) is 5.64. The lowest BCUT2D eigenvalue weighted by Gasteiger charge is -2.14. The highest BCUT2D eigenvalue weighted by atomic mass is 16.7. The molecule has 1 amide bonds.